The molecule has 112 valence electrons. The van der Waals surface area contributed by atoms with Crippen molar-refractivity contribution < 1.29 is 0 Å². The molecule has 5 heteroatoms. The molecule has 1 saturated heterocycles. The molecule has 1 unspecified atom stereocenters. The second-order valence-electron chi connectivity index (χ2n) is 5.35. The fourth-order valence-electron chi connectivity index (χ4n) is 2.48. The van der Waals surface area contributed by atoms with Gasteiger partial charge in [-0.3, -0.25) is 4.99 Å². The summed E-state index contributed by atoms with van der Waals surface area (Å²) < 4.78 is 0. The van der Waals surface area contributed by atoms with Gasteiger partial charge in [0.25, 0.3) is 0 Å². The van der Waals surface area contributed by atoms with Gasteiger partial charge in [-0.25, -0.2) is 0 Å². The van der Waals surface area contributed by atoms with Crippen molar-refractivity contribution in [3.05, 3.63) is 0 Å². The number of hydrogen-bond donors (Lipinski definition) is 2. The number of guanidine groups is 1. The Kier molecular flexibility index (Phi) is 9.08. The summed E-state index contributed by atoms with van der Waals surface area (Å²) in [6.07, 6.45) is 7.31. The van der Waals surface area contributed by atoms with Crippen LogP contribution in [0.4, 0.5) is 0 Å². The molecule has 1 aliphatic heterocycles. The molecule has 0 aromatic rings. The lowest BCUT2D eigenvalue weighted by atomic mass is 9.99. The molecule has 19 heavy (non-hydrogen) atoms. The third-order valence-electron chi connectivity index (χ3n) is 3.57. The molecular formula is C14H30N4S. The van der Waals surface area contributed by atoms with Gasteiger partial charge in [0.05, 0.1) is 0 Å². The van der Waals surface area contributed by atoms with Crippen molar-refractivity contribution in [2.24, 2.45) is 10.9 Å². The van der Waals surface area contributed by atoms with Crippen molar-refractivity contribution in [1.82, 2.24) is 15.5 Å². The monoisotopic (exact) mass is 286 g/mol. The molecule has 0 bridgehead atoms. The highest BCUT2D eigenvalue weighted by Crippen LogP contribution is 2.13. The third-order valence-corrected chi connectivity index (χ3v) is 4.27. The molecule has 1 rings (SSSR count). The normalized spacial score (nSPS) is 21.4. The first-order valence-electron chi connectivity index (χ1n) is 7.38. The van der Waals surface area contributed by atoms with Gasteiger partial charge in [0, 0.05) is 26.7 Å². The van der Waals surface area contributed by atoms with Crippen molar-refractivity contribution in [3.63, 3.8) is 0 Å². The fourth-order valence-corrected chi connectivity index (χ4v) is 2.97. The predicted molar refractivity (Wildman–Crippen MR) is 87.2 cm³/mol. The van der Waals surface area contributed by atoms with Crippen LogP contribution in [0.2, 0.25) is 0 Å². The maximum absolute atomic E-state index is 4.28. The van der Waals surface area contributed by atoms with Crippen molar-refractivity contribution >= 4 is 17.7 Å². The number of rotatable bonds is 7. The van der Waals surface area contributed by atoms with Crippen LogP contribution in [0.1, 0.15) is 25.7 Å². The molecule has 0 radical (unpaired) electrons. The number of nitrogens with one attached hydrogen (secondary N) is 2. The van der Waals surface area contributed by atoms with Gasteiger partial charge in [-0.1, -0.05) is 0 Å². The fraction of sp³-hybridized carbons (Fsp3) is 0.929. The summed E-state index contributed by atoms with van der Waals surface area (Å²) in [6.45, 7) is 4.51. The average Bonchev–Trinajstić information content (AvgIpc) is 2.42. The van der Waals surface area contributed by atoms with Crippen LogP contribution in [0, 0.1) is 5.92 Å². The van der Waals surface area contributed by atoms with E-state index in [1.165, 1.54) is 44.5 Å². The zero-order valence-electron chi connectivity index (χ0n) is 12.7. The Morgan fingerprint density at radius 1 is 1.37 bits per heavy atom. The number of piperidine rings is 1. The van der Waals surface area contributed by atoms with E-state index in [0.717, 1.165) is 25.0 Å². The van der Waals surface area contributed by atoms with Crippen LogP contribution in [-0.4, -0.2) is 63.1 Å². The van der Waals surface area contributed by atoms with E-state index in [9.17, 15) is 0 Å². The number of aliphatic imine (C=N–C) groups is 1. The lowest BCUT2D eigenvalue weighted by Crippen LogP contribution is -2.43. The molecule has 0 amide bonds. The maximum Gasteiger partial charge on any atom is 0.190 e. The predicted octanol–water partition coefficient (Wildman–Crippen LogP) is 1.64. The third kappa shape index (κ3) is 7.67. The summed E-state index contributed by atoms with van der Waals surface area (Å²) >= 11 is 1.92. The minimum atomic E-state index is 0.758. The topological polar surface area (TPSA) is 39.7 Å². The van der Waals surface area contributed by atoms with E-state index in [-0.39, 0.29) is 0 Å². The van der Waals surface area contributed by atoms with Gasteiger partial charge in [-0.15, -0.1) is 0 Å². The van der Waals surface area contributed by atoms with E-state index >= 15 is 0 Å². The SMILES string of the molecule is CN=C(NCCCCSC)NCC1CCCN(C)C1. The summed E-state index contributed by atoms with van der Waals surface area (Å²) in [4.78, 5) is 6.71. The molecule has 2 N–H and O–H groups in total. The first-order chi connectivity index (χ1) is 9.26. The summed E-state index contributed by atoms with van der Waals surface area (Å²) in [5.74, 6) is 2.97. The highest BCUT2D eigenvalue weighted by Gasteiger charge is 2.16. The zero-order chi connectivity index (χ0) is 13.9. The molecule has 0 spiro atoms. The Morgan fingerprint density at radius 3 is 2.89 bits per heavy atom. The van der Waals surface area contributed by atoms with Crippen LogP contribution in [0.25, 0.3) is 0 Å². The Morgan fingerprint density at radius 2 is 2.21 bits per heavy atom. The largest absolute Gasteiger partial charge is 0.356 e. The molecule has 1 heterocycles. The summed E-state index contributed by atoms with van der Waals surface area (Å²) in [5, 5.41) is 6.85. The molecule has 0 saturated carbocycles. The Bertz CT molecular complexity index is 258. The molecule has 1 fully saturated rings. The van der Waals surface area contributed by atoms with Crippen molar-refractivity contribution in [2.75, 3.05) is 52.3 Å². The molecule has 1 aliphatic rings. The van der Waals surface area contributed by atoms with Crippen molar-refractivity contribution in [2.45, 2.75) is 25.7 Å². The minimum absolute atomic E-state index is 0.758. The number of unbranched alkanes of at least 4 members (excludes halogenated alkanes) is 1. The lowest BCUT2D eigenvalue weighted by Gasteiger charge is -2.30. The second kappa shape index (κ2) is 10.4. The van der Waals surface area contributed by atoms with E-state index in [2.05, 4.69) is 33.8 Å². The first-order valence-corrected chi connectivity index (χ1v) is 8.77. The summed E-state index contributed by atoms with van der Waals surface area (Å²) in [7, 11) is 4.06. The Labute approximate surface area is 122 Å². The van der Waals surface area contributed by atoms with Crippen LogP contribution < -0.4 is 10.6 Å². The second-order valence-corrected chi connectivity index (χ2v) is 6.34. The standard InChI is InChI=1S/C14H30N4S/c1-15-14(16-8-4-5-10-19-3)17-11-13-7-6-9-18(2)12-13/h13H,4-12H2,1-3H3,(H2,15,16,17). The van der Waals surface area contributed by atoms with Gasteiger partial charge >= 0.3 is 0 Å². The Balaban J connectivity index is 2.11. The van der Waals surface area contributed by atoms with Gasteiger partial charge < -0.3 is 15.5 Å². The highest BCUT2D eigenvalue weighted by molar-refractivity contribution is 7.98. The van der Waals surface area contributed by atoms with Crippen LogP contribution in [0.3, 0.4) is 0 Å². The molecule has 0 aliphatic carbocycles. The van der Waals surface area contributed by atoms with Gasteiger partial charge in [0.2, 0.25) is 0 Å². The smallest absolute Gasteiger partial charge is 0.190 e. The van der Waals surface area contributed by atoms with Crippen LogP contribution in [0.15, 0.2) is 4.99 Å². The number of thioether (sulfide) groups is 1. The molecule has 0 aromatic heterocycles. The maximum atomic E-state index is 4.28. The van der Waals surface area contributed by atoms with E-state index in [1.54, 1.807) is 0 Å². The van der Waals surface area contributed by atoms with Crippen LogP contribution >= 0.6 is 11.8 Å². The molecule has 4 nitrogen and oxygen atoms in total. The number of nitrogens with zero attached hydrogens (tertiary/aromatic N) is 2. The average molecular weight is 286 g/mol. The van der Waals surface area contributed by atoms with Gasteiger partial charge in [-0.05, 0) is 57.2 Å². The quantitative estimate of drug-likeness (QED) is 0.424. The Hall–Kier alpha value is -0.420. The van der Waals surface area contributed by atoms with Crippen LogP contribution in [-0.2, 0) is 0 Å². The zero-order valence-corrected chi connectivity index (χ0v) is 13.6. The first kappa shape index (κ1) is 16.6. The summed E-state index contributed by atoms with van der Waals surface area (Å²) in [6, 6.07) is 0. The minimum Gasteiger partial charge on any atom is -0.356 e. The molecular weight excluding hydrogens is 256 g/mol. The van der Waals surface area contributed by atoms with Gasteiger partial charge in [-0.2, -0.15) is 11.8 Å². The molecule has 1 atom stereocenters. The molecule has 0 aromatic carbocycles. The van der Waals surface area contributed by atoms with Gasteiger partial charge in [0.1, 0.15) is 0 Å². The lowest BCUT2D eigenvalue weighted by molar-refractivity contribution is 0.210. The van der Waals surface area contributed by atoms with Crippen molar-refractivity contribution in [1.29, 1.82) is 0 Å². The van der Waals surface area contributed by atoms with Gasteiger partial charge in [0.15, 0.2) is 5.96 Å². The van der Waals surface area contributed by atoms with E-state index in [4.69, 9.17) is 0 Å². The highest BCUT2D eigenvalue weighted by atomic mass is 32.2. The van der Waals surface area contributed by atoms with E-state index < -0.39 is 0 Å². The van der Waals surface area contributed by atoms with Crippen LogP contribution in [0.5, 0.6) is 0 Å². The summed E-state index contributed by atoms with van der Waals surface area (Å²) in [5.41, 5.74) is 0. The van der Waals surface area contributed by atoms with E-state index in [1.807, 2.05) is 18.8 Å². The van der Waals surface area contributed by atoms with E-state index in [0.29, 0.717) is 0 Å². The number of hydrogen-bond acceptors (Lipinski definition) is 3. The van der Waals surface area contributed by atoms with Crippen molar-refractivity contribution in [3.8, 4) is 0 Å². The number of likely N-dealkylation sites (tertiary alicyclic amines) is 1.